The van der Waals surface area contributed by atoms with Gasteiger partial charge in [-0.3, -0.25) is 14.4 Å². The maximum absolute atomic E-state index is 12.7. The van der Waals surface area contributed by atoms with Crippen LogP contribution in [0.4, 0.5) is 11.4 Å². The number of carbonyl (C=O) groups excluding carboxylic acids is 2. The van der Waals surface area contributed by atoms with E-state index in [0.29, 0.717) is 12.1 Å². The smallest absolute Gasteiger partial charge is 0.303 e. The normalized spacial score (nSPS) is 11.6. The van der Waals surface area contributed by atoms with Gasteiger partial charge in [0, 0.05) is 22.7 Å². The number of thioether (sulfide) groups is 1. The van der Waals surface area contributed by atoms with Crippen molar-refractivity contribution in [3.63, 3.8) is 0 Å². The zero-order valence-electron chi connectivity index (χ0n) is 16.8. The summed E-state index contributed by atoms with van der Waals surface area (Å²) in [7, 11) is 0. The van der Waals surface area contributed by atoms with Crippen molar-refractivity contribution in [2.45, 2.75) is 50.2 Å². The molecule has 154 valence electrons. The van der Waals surface area contributed by atoms with Crippen LogP contribution in [0.5, 0.6) is 0 Å². The molecule has 0 aliphatic rings. The van der Waals surface area contributed by atoms with E-state index < -0.39 is 5.97 Å². The topological polar surface area (TPSA) is 95.5 Å². The molecular formula is C22H26N2O4S. The van der Waals surface area contributed by atoms with Crippen LogP contribution in [0.2, 0.25) is 0 Å². The molecule has 2 aromatic rings. The first kappa shape index (κ1) is 22.5. The molecule has 0 aliphatic heterocycles. The quantitative estimate of drug-likeness (QED) is 0.521. The summed E-state index contributed by atoms with van der Waals surface area (Å²) in [5, 5.41) is 14.1. The van der Waals surface area contributed by atoms with E-state index in [1.54, 1.807) is 18.2 Å². The Morgan fingerprint density at radius 2 is 1.66 bits per heavy atom. The van der Waals surface area contributed by atoms with Crippen molar-refractivity contribution in [3.05, 3.63) is 53.6 Å². The van der Waals surface area contributed by atoms with E-state index in [1.807, 2.05) is 39.0 Å². The molecule has 6 nitrogen and oxygen atoms in total. The van der Waals surface area contributed by atoms with Crippen LogP contribution < -0.4 is 10.6 Å². The lowest BCUT2D eigenvalue weighted by Gasteiger charge is -2.16. The van der Waals surface area contributed by atoms with Crippen LogP contribution in [0.3, 0.4) is 0 Å². The number of hydrogen-bond acceptors (Lipinski definition) is 4. The largest absolute Gasteiger partial charge is 0.481 e. The van der Waals surface area contributed by atoms with Gasteiger partial charge < -0.3 is 15.7 Å². The van der Waals surface area contributed by atoms with Gasteiger partial charge in [-0.2, -0.15) is 0 Å². The molecule has 0 bridgehead atoms. The zero-order chi connectivity index (χ0) is 21.4. The number of carboxylic acid groups (broad SMARTS) is 1. The number of carbonyl (C=O) groups is 3. The molecule has 0 spiro atoms. The Hall–Kier alpha value is -2.80. The molecule has 3 N–H and O–H groups in total. The molecule has 2 aromatic carbocycles. The summed E-state index contributed by atoms with van der Waals surface area (Å²) in [6.45, 7) is 5.94. The fraction of sp³-hybridized carbons (Fsp3) is 0.318. The Balaban J connectivity index is 2.01. The van der Waals surface area contributed by atoms with Crippen molar-refractivity contribution in [1.82, 2.24) is 0 Å². The summed E-state index contributed by atoms with van der Waals surface area (Å²) in [6, 6.07) is 13.1. The van der Waals surface area contributed by atoms with E-state index in [4.69, 9.17) is 5.11 Å². The molecule has 2 amide bonds. The van der Waals surface area contributed by atoms with E-state index >= 15 is 0 Å². The molecule has 7 heteroatoms. The van der Waals surface area contributed by atoms with E-state index in [9.17, 15) is 14.4 Å². The number of rotatable bonds is 9. The highest BCUT2D eigenvalue weighted by Gasteiger charge is 2.18. The Bertz CT molecular complexity index is 878. The van der Waals surface area contributed by atoms with Gasteiger partial charge in [0.15, 0.2) is 0 Å². The third-order valence-corrected chi connectivity index (χ3v) is 5.47. The van der Waals surface area contributed by atoms with Crippen molar-refractivity contribution in [3.8, 4) is 0 Å². The molecule has 0 fully saturated rings. The summed E-state index contributed by atoms with van der Waals surface area (Å²) in [5.41, 5.74) is 3.54. The van der Waals surface area contributed by atoms with Gasteiger partial charge in [-0.15, -0.1) is 11.8 Å². The Labute approximate surface area is 175 Å². The molecule has 0 aliphatic carbocycles. The minimum Gasteiger partial charge on any atom is -0.481 e. The molecule has 29 heavy (non-hydrogen) atoms. The predicted octanol–water partition coefficient (Wildman–Crippen LogP) is 4.62. The van der Waals surface area contributed by atoms with E-state index in [0.717, 1.165) is 21.7 Å². The SMILES string of the molecule is CCC(Sc1cccc(NC(=O)CCC(=O)O)c1)C(=O)Nc1cc(C)cc(C)c1. The average Bonchev–Trinajstić information content (AvgIpc) is 2.63. The van der Waals surface area contributed by atoms with E-state index in [-0.39, 0.29) is 29.9 Å². The van der Waals surface area contributed by atoms with E-state index in [2.05, 4.69) is 16.7 Å². The number of aliphatic carboxylic acids is 1. The summed E-state index contributed by atoms with van der Waals surface area (Å²) >= 11 is 1.43. The summed E-state index contributed by atoms with van der Waals surface area (Å²) in [6.07, 6.45) is 0.357. The lowest BCUT2D eigenvalue weighted by molar-refractivity contribution is -0.138. The standard InChI is InChI=1S/C22H26N2O4S/c1-4-19(22(28)24-17-11-14(2)10-15(3)12-17)29-18-7-5-6-16(13-18)23-20(25)8-9-21(26)27/h5-7,10-13,19H,4,8-9H2,1-3H3,(H,23,25)(H,24,28)(H,26,27). The van der Waals surface area contributed by atoms with Gasteiger partial charge >= 0.3 is 5.97 Å². The maximum Gasteiger partial charge on any atom is 0.303 e. The highest BCUT2D eigenvalue weighted by molar-refractivity contribution is 8.00. The van der Waals surface area contributed by atoms with Crippen molar-refractivity contribution in [2.75, 3.05) is 10.6 Å². The van der Waals surface area contributed by atoms with Crippen LogP contribution in [0, 0.1) is 13.8 Å². The van der Waals surface area contributed by atoms with Crippen molar-refractivity contribution in [2.24, 2.45) is 0 Å². The number of hydrogen-bond donors (Lipinski definition) is 3. The first-order valence-corrected chi connectivity index (χ1v) is 10.3. The van der Waals surface area contributed by atoms with Gasteiger partial charge in [-0.1, -0.05) is 19.1 Å². The highest BCUT2D eigenvalue weighted by Crippen LogP contribution is 2.29. The second-order valence-electron chi connectivity index (χ2n) is 6.85. The van der Waals surface area contributed by atoms with Crippen molar-refractivity contribution in [1.29, 1.82) is 0 Å². The summed E-state index contributed by atoms with van der Waals surface area (Å²) in [4.78, 5) is 36.0. The van der Waals surface area contributed by atoms with Gasteiger partial charge in [0.25, 0.3) is 0 Å². The zero-order valence-corrected chi connectivity index (χ0v) is 17.6. The number of anilines is 2. The molecule has 0 heterocycles. The van der Waals surface area contributed by atoms with Gasteiger partial charge in [0.05, 0.1) is 11.7 Å². The van der Waals surface area contributed by atoms with Crippen LogP contribution in [0.1, 0.15) is 37.3 Å². The van der Waals surface area contributed by atoms with Gasteiger partial charge in [-0.05, 0) is 61.7 Å². The number of benzene rings is 2. The van der Waals surface area contributed by atoms with E-state index in [1.165, 1.54) is 11.8 Å². The number of amides is 2. The van der Waals surface area contributed by atoms with Crippen LogP contribution in [0.15, 0.2) is 47.4 Å². The van der Waals surface area contributed by atoms with Crippen LogP contribution in [-0.4, -0.2) is 28.1 Å². The van der Waals surface area contributed by atoms with Crippen molar-refractivity contribution < 1.29 is 19.5 Å². The molecule has 2 rings (SSSR count). The van der Waals surface area contributed by atoms with Gasteiger partial charge in [0.1, 0.15) is 0 Å². The second kappa shape index (κ2) is 10.7. The molecule has 0 saturated carbocycles. The molecular weight excluding hydrogens is 388 g/mol. The fourth-order valence-electron chi connectivity index (χ4n) is 2.85. The molecule has 0 radical (unpaired) electrons. The molecule has 1 unspecified atom stereocenters. The number of carboxylic acids is 1. The van der Waals surface area contributed by atoms with Crippen LogP contribution >= 0.6 is 11.8 Å². The lowest BCUT2D eigenvalue weighted by atomic mass is 10.1. The molecule has 0 saturated heterocycles. The third-order valence-electron chi connectivity index (χ3n) is 4.11. The lowest BCUT2D eigenvalue weighted by Crippen LogP contribution is -2.24. The first-order chi connectivity index (χ1) is 13.8. The monoisotopic (exact) mass is 414 g/mol. The third kappa shape index (κ3) is 7.62. The fourth-order valence-corrected chi connectivity index (χ4v) is 3.86. The first-order valence-electron chi connectivity index (χ1n) is 9.44. The molecule has 0 aromatic heterocycles. The van der Waals surface area contributed by atoms with Crippen molar-refractivity contribution >= 4 is 40.9 Å². The Morgan fingerprint density at radius 3 is 2.28 bits per heavy atom. The second-order valence-corrected chi connectivity index (χ2v) is 8.13. The van der Waals surface area contributed by atoms with Crippen LogP contribution in [-0.2, 0) is 14.4 Å². The molecule has 1 atom stereocenters. The highest BCUT2D eigenvalue weighted by atomic mass is 32.2. The van der Waals surface area contributed by atoms with Gasteiger partial charge in [0.2, 0.25) is 11.8 Å². The van der Waals surface area contributed by atoms with Gasteiger partial charge in [-0.25, -0.2) is 0 Å². The Kier molecular flexibility index (Phi) is 8.27. The summed E-state index contributed by atoms with van der Waals surface area (Å²) < 4.78 is 0. The number of aryl methyl sites for hydroxylation is 2. The predicted molar refractivity (Wildman–Crippen MR) is 116 cm³/mol. The minimum atomic E-state index is -1.01. The average molecular weight is 415 g/mol. The number of nitrogens with one attached hydrogen (secondary N) is 2. The minimum absolute atomic E-state index is 0.0709. The maximum atomic E-state index is 12.7. The Morgan fingerprint density at radius 1 is 0.966 bits per heavy atom. The summed E-state index contributed by atoms with van der Waals surface area (Å²) in [5.74, 6) is -1.43. The van der Waals surface area contributed by atoms with Crippen LogP contribution in [0.25, 0.3) is 0 Å².